The summed E-state index contributed by atoms with van der Waals surface area (Å²) in [7, 11) is 0.710. The van der Waals surface area contributed by atoms with Gasteiger partial charge < -0.3 is 9.22 Å². The molecule has 0 amide bonds. The first-order chi connectivity index (χ1) is 8.86. The van der Waals surface area contributed by atoms with Crippen LogP contribution in [-0.2, 0) is 16.1 Å². The summed E-state index contributed by atoms with van der Waals surface area (Å²) in [6.07, 6.45) is 1.10. The number of rotatable bonds is 3. The Morgan fingerprint density at radius 3 is 2.74 bits per heavy atom. The van der Waals surface area contributed by atoms with Crippen molar-refractivity contribution in [1.82, 2.24) is 0 Å². The van der Waals surface area contributed by atoms with Crippen molar-refractivity contribution in [3.05, 3.63) is 29.8 Å². The second-order valence-electron chi connectivity index (χ2n) is 6.44. The van der Waals surface area contributed by atoms with E-state index in [0.29, 0.717) is 13.2 Å². The van der Waals surface area contributed by atoms with Crippen molar-refractivity contribution in [2.24, 2.45) is 0 Å². The average molecular weight is 278 g/mol. The predicted molar refractivity (Wildman–Crippen MR) is 79.8 cm³/mol. The topological polar surface area (TPSA) is 26.3 Å². The quantitative estimate of drug-likeness (QED) is 0.477. The van der Waals surface area contributed by atoms with Gasteiger partial charge in [-0.1, -0.05) is 37.4 Å². The second-order valence-corrected chi connectivity index (χ2v) is 11.1. The highest BCUT2D eigenvalue weighted by atomic mass is 28.3. The Bertz CT molecular complexity index is 487. The summed E-state index contributed by atoms with van der Waals surface area (Å²) in [4.78, 5) is 11.8. The van der Waals surface area contributed by atoms with Crippen LogP contribution >= 0.6 is 0 Å². The van der Waals surface area contributed by atoms with E-state index in [9.17, 15) is 4.79 Å². The minimum atomic E-state index is -1.47. The number of ether oxygens (including phenoxy) is 1. The van der Waals surface area contributed by atoms with Crippen LogP contribution in [0.5, 0.6) is 0 Å². The molecule has 1 aliphatic rings. The number of esters is 1. The molecule has 0 aromatic heterocycles. The predicted octanol–water partition coefficient (Wildman–Crippen LogP) is 1.66. The lowest BCUT2D eigenvalue weighted by atomic mass is 10.2. The van der Waals surface area contributed by atoms with Gasteiger partial charge in [0.15, 0.2) is 6.54 Å². The summed E-state index contributed by atoms with van der Waals surface area (Å²) >= 11 is 0. The van der Waals surface area contributed by atoms with Crippen LogP contribution in [0.25, 0.3) is 0 Å². The van der Waals surface area contributed by atoms with E-state index in [4.69, 9.17) is 4.74 Å². The van der Waals surface area contributed by atoms with Crippen LogP contribution in [-0.4, -0.2) is 44.9 Å². The molecule has 3 nitrogen and oxygen atoms in total. The van der Waals surface area contributed by atoms with Gasteiger partial charge in [0.1, 0.15) is 14.6 Å². The van der Waals surface area contributed by atoms with E-state index in [-0.39, 0.29) is 5.97 Å². The summed E-state index contributed by atoms with van der Waals surface area (Å²) in [5.74, 6) is -0.0748. The fraction of sp³-hybridized carbons (Fsp3) is 0.533. The molecular weight excluding hydrogens is 254 g/mol. The normalized spacial score (nSPS) is 24.6. The smallest absolute Gasteiger partial charge is 0.361 e. The molecule has 0 aliphatic carbocycles. The number of likely N-dealkylation sites (N-methyl/N-ethyl adjacent to an activating group) is 1. The highest BCUT2D eigenvalue weighted by Gasteiger charge is 2.42. The molecule has 1 atom stereocenters. The first-order valence-electron chi connectivity index (χ1n) is 6.94. The lowest BCUT2D eigenvalue weighted by Gasteiger charge is -2.44. The van der Waals surface area contributed by atoms with Crippen LogP contribution in [0.1, 0.15) is 12.5 Å². The molecule has 1 aromatic rings. The van der Waals surface area contributed by atoms with Gasteiger partial charge in [-0.3, -0.25) is 0 Å². The van der Waals surface area contributed by atoms with Gasteiger partial charge in [0.25, 0.3) is 0 Å². The molecule has 0 saturated carbocycles. The zero-order valence-corrected chi connectivity index (χ0v) is 13.4. The van der Waals surface area contributed by atoms with E-state index in [1.165, 1.54) is 5.56 Å². The Morgan fingerprint density at radius 2 is 2.05 bits per heavy atom. The molecule has 19 heavy (non-hydrogen) atoms. The minimum absolute atomic E-state index is 0.0748. The van der Waals surface area contributed by atoms with E-state index in [0.717, 1.165) is 17.2 Å². The van der Waals surface area contributed by atoms with Crippen LogP contribution in [0.2, 0.25) is 13.1 Å². The Kier molecular flexibility index (Phi) is 3.83. The van der Waals surface area contributed by atoms with Gasteiger partial charge >= 0.3 is 5.97 Å². The number of carbonyl (C=O) groups is 1. The number of hydrogen-bond acceptors (Lipinski definition) is 2. The van der Waals surface area contributed by atoms with Gasteiger partial charge in [-0.15, -0.1) is 0 Å². The van der Waals surface area contributed by atoms with E-state index in [1.807, 2.05) is 6.92 Å². The third-order valence-electron chi connectivity index (χ3n) is 3.89. The van der Waals surface area contributed by atoms with Crippen LogP contribution in [0.15, 0.2) is 24.3 Å². The summed E-state index contributed by atoms with van der Waals surface area (Å²) in [6, 6.07) is 8.72. The first-order valence-corrected chi connectivity index (χ1v) is 10.1. The van der Waals surface area contributed by atoms with Gasteiger partial charge in [0.2, 0.25) is 0 Å². The van der Waals surface area contributed by atoms with Gasteiger partial charge in [0, 0.05) is 5.56 Å². The highest BCUT2D eigenvalue weighted by molar-refractivity contribution is 6.90. The van der Waals surface area contributed by atoms with Crippen LogP contribution < -0.4 is 5.19 Å². The van der Waals surface area contributed by atoms with E-state index >= 15 is 0 Å². The van der Waals surface area contributed by atoms with Gasteiger partial charge in [-0.05, 0) is 12.1 Å². The monoisotopic (exact) mass is 278 g/mol. The average Bonchev–Trinajstić information content (AvgIpc) is 2.27. The Labute approximate surface area is 116 Å². The number of hydrogen-bond donors (Lipinski definition) is 0. The molecule has 4 heteroatoms. The molecule has 0 spiro atoms. The third kappa shape index (κ3) is 3.07. The minimum Gasteiger partial charge on any atom is -0.462 e. The second kappa shape index (κ2) is 5.10. The van der Waals surface area contributed by atoms with E-state index in [1.54, 1.807) is 5.19 Å². The standard InChI is InChI=1S/C15H24NO2Si/c1-5-18-15(17)11-16(2)10-13-8-6-7-9-14(13)19(3,4)12-16/h6-9H,5,10-12H2,1-4H3/q+1. The molecule has 2 rings (SSSR count). The van der Waals surface area contributed by atoms with Crippen LogP contribution in [0.4, 0.5) is 0 Å². The van der Waals surface area contributed by atoms with Crippen molar-refractivity contribution < 1.29 is 14.0 Å². The van der Waals surface area contributed by atoms with E-state index in [2.05, 4.69) is 44.4 Å². The molecule has 1 unspecified atom stereocenters. The SMILES string of the molecule is CCOC(=O)C[N+]1(C)Cc2ccccc2[Si](C)(C)C1. The zero-order valence-electron chi connectivity index (χ0n) is 12.4. The molecule has 0 fully saturated rings. The molecule has 1 aliphatic heterocycles. The highest BCUT2D eigenvalue weighted by Crippen LogP contribution is 2.23. The molecular formula is C15H24NO2Si+. The fourth-order valence-corrected chi connectivity index (χ4v) is 7.34. The number of quaternary nitrogens is 1. The van der Waals surface area contributed by atoms with Crippen molar-refractivity contribution in [3.8, 4) is 0 Å². The zero-order chi connectivity index (χ0) is 14.1. The maximum absolute atomic E-state index is 11.8. The molecule has 1 aromatic carbocycles. The summed E-state index contributed by atoms with van der Waals surface area (Å²) in [5.41, 5.74) is 1.41. The molecule has 0 saturated heterocycles. The molecule has 1 heterocycles. The first kappa shape index (κ1) is 14.3. The molecule has 0 bridgehead atoms. The molecule has 104 valence electrons. The van der Waals surface area contributed by atoms with Crippen molar-refractivity contribution in [1.29, 1.82) is 0 Å². The molecule has 0 radical (unpaired) electrons. The maximum atomic E-state index is 11.8. The summed E-state index contributed by atoms with van der Waals surface area (Å²) in [6.45, 7) is 8.54. The fourth-order valence-electron chi connectivity index (χ4n) is 3.46. The van der Waals surface area contributed by atoms with Crippen molar-refractivity contribution in [3.63, 3.8) is 0 Å². The lowest BCUT2D eigenvalue weighted by molar-refractivity contribution is -0.907. The van der Waals surface area contributed by atoms with Crippen molar-refractivity contribution >= 4 is 19.2 Å². The largest absolute Gasteiger partial charge is 0.462 e. The third-order valence-corrected chi connectivity index (χ3v) is 7.39. The number of fused-ring (bicyclic) bond motifs is 1. The Hall–Kier alpha value is -1.13. The van der Waals surface area contributed by atoms with Crippen LogP contribution in [0, 0.1) is 0 Å². The summed E-state index contributed by atoms with van der Waals surface area (Å²) < 4.78 is 5.91. The molecule has 0 N–H and O–H groups in total. The van der Waals surface area contributed by atoms with Gasteiger partial charge in [0.05, 0.1) is 19.8 Å². The number of nitrogens with zero attached hydrogens (tertiary/aromatic N) is 1. The van der Waals surface area contributed by atoms with Crippen LogP contribution in [0.3, 0.4) is 0 Å². The number of benzene rings is 1. The van der Waals surface area contributed by atoms with Gasteiger partial charge in [-0.2, -0.15) is 0 Å². The van der Waals surface area contributed by atoms with Gasteiger partial charge in [-0.25, -0.2) is 4.79 Å². The Balaban J connectivity index is 2.26. The maximum Gasteiger partial charge on any atom is 0.361 e. The lowest BCUT2D eigenvalue weighted by Crippen LogP contribution is -2.65. The van der Waals surface area contributed by atoms with E-state index < -0.39 is 8.07 Å². The Morgan fingerprint density at radius 1 is 1.37 bits per heavy atom. The van der Waals surface area contributed by atoms with Crippen molar-refractivity contribution in [2.45, 2.75) is 26.6 Å². The number of carbonyl (C=O) groups excluding carboxylic acids is 1. The van der Waals surface area contributed by atoms with Crippen molar-refractivity contribution in [2.75, 3.05) is 26.4 Å². The summed E-state index contributed by atoms with van der Waals surface area (Å²) in [5, 5.41) is 1.55.